The van der Waals surface area contributed by atoms with Crippen molar-refractivity contribution in [1.29, 1.82) is 0 Å². The van der Waals surface area contributed by atoms with Crippen LogP contribution in [0.15, 0.2) is 53.1 Å². The summed E-state index contributed by atoms with van der Waals surface area (Å²) in [5.41, 5.74) is 3.10. The average Bonchev–Trinajstić information content (AvgIpc) is 3.77. The molecular weight excluding hydrogens is 636 g/mol. The van der Waals surface area contributed by atoms with Crippen molar-refractivity contribution >= 4 is 44.5 Å². The minimum absolute atomic E-state index is 0.0353. The predicted octanol–water partition coefficient (Wildman–Crippen LogP) is 4.66. The van der Waals surface area contributed by atoms with Crippen molar-refractivity contribution in [3.8, 4) is 28.7 Å². The number of ether oxygens (including phenoxy) is 6. The van der Waals surface area contributed by atoms with E-state index in [9.17, 15) is 14.4 Å². The molecule has 226 valence electrons. The average molecular weight is 663 g/mol. The Bertz CT molecular complexity index is 1830. The molecule has 0 unspecified atom stereocenters. The van der Waals surface area contributed by atoms with Crippen molar-refractivity contribution in [3.63, 3.8) is 0 Å². The summed E-state index contributed by atoms with van der Waals surface area (Å²) >= 11 is 3.43. The summed E-state index contributed by atoms with van der Waals surface area (Å²) in [4.78, 5) is 43.6. The zero-order chi connectivity index (χ0) is 30.7. The largest absolute Gasteiger partial charge is 0.493 e. The number of carbonyl (C=O) groups excluding carboxylic acids is 3. The molecule has 0 bridgehead atoms. The summed E-state index contributed by atoms with van der Waals surface area (Å²) in [6.07, 6.45) is 1.53. The third-order valence-electron chi connectivity index (χ3n) is 8.61. The maximum Gasteiger partial charge on any atom is 0.310 e. The second-order valence-electron chi connectivity index (χ2n) is 10.8. The van der Waals surface area contributed by atoms with Gasteiger partial charge in [-0.05, 0) is 59.2 Å². The highest BCUT2D eigenvalue weighted by Crippen LogP contribution is 2.55. The highest BCUT2D eigenvalue weighted by molar-refractivity contribution is 9.10. The van der Waals surface area contributed by atoms with Gasteiger partial charge in [0.15, 0.2) is 23.0 Å². The van der Waals surface area contributed by atoms with Crippen LogP contribution in [0.1, 0.15) is 39.0 Å². The Kier molecular flexibility index (Phi) is 6.88. The number of aromatic amines is 1. The van der Waals surface area contributed by atoms with Crippen molar-refractivity contribution < 1.29 is 42.8 Å². The molecule has 2 N–H and O–H groups in total. The van der Waals surface area contributed by atoms with Crippen molar-refractivity contribution in [3.05, 3.63) is 75.4 Å². The number of nitrogens with one attached hydrogen (secondary N) is 2. The fourth-order valence-electron chi connectivity index (χ4n) is 6.64. The molecule has 7 rings (SSSR count). The Balaban J connectivity index is 1.34. The van der Waals surface area contributed by atoms with Gasteiger partial charge in [0, 0.05) is 33.4 Å². The number of carbonyl (C=O) groups is 3. The number of aromatic nitrogens is 1. The molecule has 4 aromatic rings. The van der Waals surface area contributed by atoms with Gasteiger partial charge < -0.3 is 38.7 Å². The molecule has 44 heavy (non-hydrogen) atoms. The molecule has 12 heteroatoms. The van der Waals surface area contributed by atoms with E-state index < -0.39 is 41.5 Å². The number of hydrogen-bond donors (Lipinski definition) is 2. The second kappa shape index (κ2) is 10.8. The van der Waals surface area contributed by atoms with Gasteiger partial charge >= 0.3 is 5.97 Å². The van der Waals surface area contributed by atoms with Crippen LogP contribution in [-0.2, 0) is 14.3 Å². The number of Topliss-reactive ketones (excluding diaryl/α,β-unsaturated/α-hetero) is 1. The SMILES string of the molecule is COc1cc([C@@H]2c3cc4c(cc3[C@@H](NC(=O)C(=O)c3c[nH]c5ccc(Br)cc35)[C@H]3COC(=O)[C@H]23)OCO4)cc(OC)c1OC. The molecule has 1 aromatic heterocycles. The van der Waals surface area contributed by atoms with Crippen LogP contribution >= 0.6 is 15.9 Å². The molecule has 1 saturated heterocycles. The Hall–Kier alpha value is -4.71. The summed E-state index contributed by atoms with van der Waals surface area (Å²) in [6.45, 7) is 0.0884. The van der Waals surface area contributed by atoms with E-state index in [-0.39, 0.29) is 19.0 Å². The lowest BCUT2D eigenvalue weighted by Crippen LogP contribution is -2.44. The fraction of sp³-hybridized carbons (Fsp3) is 0.281. The maximum absolute atomic E-state index is 13.6. The summed E-state index contributed by atoms with van der Waals surface area (Å²) < 4.78 is 34.6. The lowest BCUT2D eigenvalue weighted by atomic mass is 9.65. The molecule has 3 aromatic carbocycles. The number of methoxy groups -OCH3 is 3. The third kappa shape index (κ3) is 4.35. The summed E-state index contributed by atoms with van der Waals surface area (Å²) in [5, 5.41) is 3.57. The van der Waals surface area contributed by atoms with Crippen LogP contribution in [0.3, 0.4) is 0 Å². The standard InChI is InChI=1S/C32H27BrN2O9/c1-39-24-6-14(7-25(40-2)30(24)41-3)26-17-9-22-23(44-13-43-22)10-18(17)28(20-12-42-32(38)27(20)26)35-31(37)29(36)19-11-34-21-5-4-15(33)8-16(19)21/h4-11,20,26-28,34H,12-13H2,1-3H3,(H,35,37)/t20-,26+,27-,28+/m0/s1. The van der Waals surface area contributed by atoms with E-state index in [1.54, 1.807) is 24.3 Å². The number of esters is 1. The van der Waals surface area contributed by atoms with Crippen LogP contribution in [0.2, 0.25) is 0 Å². The Morgan fingerprint density at radius 2 is 1.64 bits per heavy atom. The van der Waals surface area contributed by atoms with Crippen LogP contribution < -0.4 is 29.0 Å². The molecule has 1 aliphatic carbocycles. The van der Waals surface area contributed by atoms with E-state index in [0.717, 1.165) is 21.1 Å². The molecule has 3 heterocycles. The Morgan fingerprint density at radius 1 is 0.932 bits per heavy atom. The van der Waals surface area contributed by atoms with Crippen LogP contribution in [0.25, 0.3) is 10.9 Å². The highest BCUT2D eigenvalue weighted by atomic mass is 79.9. The predicted molar refractivity (Wildman–Crippen MR) is 160 cm³/mol. The summed E-state index contributed by atoms with van der Waals surface area (Å²) in [5.74, 6) is -1.35. The number of H-pyrrole nitrogens is 1. The van der Waals surface area contributed by atoms with Crippen molar-refractivity contribution in [2.24, 2.45) is 11.8 Å². The molecule has 4 atom stereocenters. The first-order valence-electron chi connectivity index (χ1n) is 13.8. The number of benzene rings is 3. The molecule has 2 aliphatic heterocycles. The van der Waals surface area contributed by atoms with E-state index in [0.29, 0.717) is 39.7 Å². The van der Waals surface area contributed by atoms with E-state index in [1.807, 2.05) is 18.2 Å². The lowest BCUT2D eigenvalue weighted by molar-refractivity contribution is -0.141. The number of amides is 1. The van der Waals surface area contributed by atoms with Crippen LogP contribution in [0.4, 0.5) is 0 Å². The summed E-state index contributed by atoms with van der Waals surface area (Å²) in [7, 11) is 4.57. The van der Waals surface area contributed by atoms with Crippen molar-refractivity contribution in [2.75, 3.05) is 34.7 Å². The molecule has 3 aliphatic rings. The van der Waals surface area contributed by atoms with Crippen molar-refractivity contribution in [1.82, 2.24) is 10.3 Å². The van der Waals surface area contributed by atoms with Gasteiger partial charge in [0.1, 0.15) is 0 Å². The van der Waals surface area contributed by atoms with Crippen LogP contribution in [0.5, 0.6) is 28.7 Å². The minimum Gasteiger partial charge on any atom is -0.493 e. The van der Waals surface area contributed by atoms with Crippen LogP contribution in [-0.4, -0.2) is 57.4 Å². The van der Waals surface area contributed by atoms with Gasteiger partial charge in [-0.15, -0.1) is 0 Å². The van der Waals surface area contributed by atoms with Crippen molar-refractivity contribution in [2.45, 2.75) is 12.0 Å². The van der Waals surface area contributed by atoms with Gasteiger partial charge in [0.05, 0.1) is 45.5 Å². The molecule has 0 spiro atoms. The molecule has 1 amide bonds. The first kappa shape index (κ1) is 28.1. The van der Waals surface area contributed by atoms with E-state index in [4.69, 9.17) is 28.4 Å². The summed E-state index contributed by atoms with van der Waals surface area (Å²) in [6, 6.07) is 12.0. The molecule has 11 nitrogen and oxygen atoms in total. The quantitative estimate of drug-likeness (QED) is 0.165. The van der Waals surface area contributed by atoms with Gasteiger partial charge in [0.25, 0.3) is 11.7 Å². The number of halogens is 1. The van der Waals surface area contributed by atoms with Gasteiger partial charge in [-0.25, -0.2) is 0 Å². The smallest absolute Gasteiger partial charge is 0.310 e. The highest BCUT2D eigenvalue weighted by Gasteiger charge is 2.53. The molecule has 1 fully saturated rings. The Morgan fingerprint density at radius 3 is 2.32 bits per heavy atom. The van der Waals surface area contributed by atoms with Crippen LogP contribution in [0, 0.1) is 11.8 Å². The minimum atomic E-state index is -0.802. The number of ketones is 1. The fourth-order valence-corrected chi connectivity index (χ4v) is 7.00. The third-order valence-corrected chi connectivity index (χ3v) is 9.11. The van der Waals surface area contributed by atoms with Gasteiger partial charge in [-0.3, -0.25) is 14.4 Å². The second-order valence-corrected chi connectivity index (χ2v) is 11.7. The van der Waals surface area contributed by atoms with E-state index in [2.05, 4.69) is 26.2 Å². The molecule has 0 saturated carbocycles. The maximum atomic E-state index is 13.6. The number of cyclic esters (lactones) is 1. The monoisotopic (exact) mass is 662 g/mol. The topological polar surface area (TPSA) is 134 Å². The van der Waals surface area contributed by atoms with Gasteiger partial charge in [0.2, 0.25) is 12.5 Å². The van der Waals surface area contributed by atoms with Gasteiger partial charge in [-0.1, -0.05) is 15.9 Å². The normalized spacial score (nSPS) is 21.3. The number of hydrogen-bond acceptors (Lipinski definition) is 9. The number of rotatable bonds is 7. The zero-order valence-electron chi connectivity index (χ0n) is 23.9. The first-order chi connectivity index (χ1) is 21.3. The number of fused-ring (bicyclic) bond motifs is 4. The Labute approximate surface area is 259 Å². The molecular formula is C32H27BrN2O9. The zero-order valence-corrected chi connectivity index (χ0v) is 25.5. The van der Waals surface area contributed by atoms with E-state index in [1.165, 1.54) is 27.5 Å². The van der Waals surface area contributed by atoms with Gasteiger partial charge in [-0.2, -0.15) is 0 Å². The first-order valence-corrected chi connectivity index (χ1v) is 14.6. The lowest BCUT2D eigenvalue weighted by Gasteiger charge is -2.39. The molecule has 0 radical (unpaired) electrons. The van der Waals surface area contributed by atoms with E-state index >= 15 is 0 Å².